The second-order valence-corrected chi connectivity index (χ2v) is 5.70. The monoisotopic (exact) mass is 345 g/mol. The molecule has 1 amide bonds. The van der Waals surface area contributed by atoms with Gasteiger partial charge in [-0.05, 0) is 48.4 Å². The first-order valence-corrected chi connectivity index (χ1v) is 8.43. The molecule has 0 fully saturated rings. The average molecular weight is 345 g/mol. The summed E-state index contributed by atoms with van der Waals surface area (Å²) in [5, 5.41) is 0. The Bertz CT molecular complexity index is 906. The second kappa shape index (κ2) is 8.12. The topological polar surface area (TPSA) is 46.6 Å². The third-order valence-corrected chi connectivity index (χ3v) is 3.98. The van der Waals surface area contributed by atoms with Gasteiger partial charge in [-0.1, -0.05) is 49.4 Å². The molecule has 3 aromatic carbocycles. The van der Waals surface area contributed by atoms with Gasteiger partial charge in [-0.15, -0.1) is 0 Å². The van der Waals surface area contributed by atoms with Gasteiger partial charge >= 0.3 is 0 Å². The van der Waals surface area contributed by atoms with Gasteiger partial charge in [-0.3, -0.25) is 14.5 Å². The molecule has 0 aliphatic heterocycles. The van der Waals surface area contributed by atoms with Gasteiger partial charge in [-0.25, -0.2) is 0 Å². The quantitative estimate of drug-likeness (QED) is 0.471. The summed E-state index contributed by atoms with van der Waals surface area (Å²) in [6.07, 6.45) is 1.15. The van der Waals surface area contributed by atoms with E-state index in [1.54, 1.807) is 18.2 Å². The summed E-state index contributed by atoms with van der Waals surface area (Å²) in [6, 6.07) is 24.1. The van der Waals surface area contributed by atoms with Crippen molar-refractivity contribution in [1.29, 1.82) is 0 Å². The van der Waals surface area contributed by atoms with Crippen LogP contribution in [0.1, 0.15) is 12.5 Å². The lowest BCUT2D eigenvalue weighted by atomic mass is 10.1. The van der Waals surface area contributed by atoms with Crippen LogP contribution in [-0.4, -0.2) is 12.2 Å². The lowest BCUT2D eigenvalue weighted by Gasteiger charge is -2.23. The van der Waals surface area contributed by atoms with Gasteiger partial charge in [0.15, 0.2) is 5.75 Å². The highest BCUT2D eigenvalue weighted by molar-refractivity contribution is 6.33. The molecular formula is C22H19NO3. The van der Waals surface area contributed by atoms with E-state index in [9.17, 15) is 9.59 Å². The highest BCUT2D eigenvalue weighted by Crippen LogP contribution is 2.36. The fourth-order valence-electron chi connectivity index (χ4n) is 2.70. The number of anilines is 2. The van der Waals surface area contributed by atoms with Crippen molar-refractivity contribution < 1.29 is 14.3 Å². The molecule has 0 saturated carbocycles. The normalized spacial score (nSPS) is 10.2. The van der Waals surface area contributed by atoms with Gasteiger partial charge in [-0.2, -0.15) is 0 Å². The summed E-state index contributed by atoms with van der Waals surface area (Å²) in [6.45, 7) is 2.04. The molecule has 0 saturated heterocycles. The maximum atomic E-state index is 12.4. The predicted octanol–water partition coefficient (Wildman–Crippen LogP) is 4.90. The zero-order valence-corrected chi connectivity index (χ0v) is 14.5. The summed E-state index contributed by atoms with van der Waals surface area (Å²) < 4.78 is 5.95. The summed E-state index contributed by atoms with van der Waals surface area (Å²) in [4.78, 5) is 25.1. The lowest BCUT2D eigenvalue weighted by molar-refractivity contribution is -0.129. The number of carbonyl (C=O) groups is 2. The van der Waals surface area contributed by atoms with Crippen LogP contribution < -0.4 is 9.64 Å². The Kier molecular flexibility index (Phi) is 5.44. The highest BCUT2D eigenvalue weighted by atomic mass is 16.5. The predicted molar refractivity (Wildman–Crippen MR) is 102 cm³/mol. The van der Waals surface area contributed by atoms with Gasteiger partial charge in [0, 0.05) is 5.69 Å². The second-order valence-electron chi connectivity index (χ2n) is 5.70. The van der Waals surface area contributed by atoms with E-state index >= 15 is 0 Å². The number of ether oxygens (including phenoxy) is 1. The number of hydrogen-bond donors (Lipinski definition) is 0. The van der Waals surface area contributed by atoms with E-state index < -0.39 is 5.91 Å². The third-order valence-electron chi connectivity index (χ3n) is 3.98. The Morgan fingerprint density at radius 3 is 2.42 bits per heavy atom. The first-order chi connectivity index (χ1) is 12.7. The third kappa shape index (κ3) is 3.81. The van der Waals surface area contributed by atoms with Crippen molar-refractivity contribution in [3.8, 4) is 11.5 Å². The number of amides is 1. The first-order valence-electron chi connectivity index (χ1n) is 8.43. The van der Waals surface area contributed by atoms with Crippen LogP contribution in [0.4, 0.5) is 11.4 Å². The van der Waals surface area contributed by atoms with E-state index in [0.29, 0.717) is 29.2 Å². The SMILES string of the molecule is CCc1cccc(N(C(=O)C=O)c2ccccc2Oc2ccccc2)c1. The number of rotatable bonds is 6. The summed E-state index contributed by atoms with van der Waals surface area (Å²) in [5.41, 5.74) is 2.22. The molecule has 3 rings (SSSR count). The molecule has 0 unspecified atom stereocenters. The summed E-state index contributed by atoms with van der Waals surface area (Å²) in [5.74, 6) is 0.499. The molecule has 26 heavy (non-hydrogen) atoms. The summed E-state index contributed by atoms with van der Waals surface area (Å²) in [7, 11) is 0. The fourth-order valence-corrected chi connectivity index (χ4v) is 2.70. The van der Waals surface area contributed by atoms with Gasteiger partial charge < -0.3 is 4.74 Å². The minimum Gasteiger partial charge on any atom is -0.455 e. The molecule has 3 aromatic rings. The molecule has 0 N–H and O–H groups in total. The van der Waals surface area contributed by atoms with E-state index in [4.69, 9.17) is 4.74 Å². The number of aldehydes is 1. The van der Waals surface area contributed by atoms with Crippen LogP contribution in [0.3, 0.4) is 0 Å². The van der Waals surface area contributed by atoms with Gasteiger partial charge in [0.1, 0.15) is 5.75 Å². The molecule has 0 heterocycles. The van der Waals surface area contributed by atoms with Crippen molar-refractivity contribution in [2.24, 2.45) is 0 Å². The Balaban J connectivity index is 2.07. The average Bonchev–Trinajstić information content (AvgIpc) is 2.70. The minimum absolute atomic E-state index is 0.317. The molecule has 0 atom stereocenters. The van der Waals surface area contributed by atoms with Crippen LogP contribution in [0.25, 0.3) is 0 Å². The maximum absolute atomic E-state index is 12.4. The van der Waals surface area contributed by atoms with Crippen molar-refractivity contribution in [2.45, 2.75) is 13.3 Å². The van der Waals surface area contributed by atoms with Crippen LogP contribution in [0, 0.1) is 0 Å². The van der Waals surface area contributed by atoms with Crippen molar-refractivity contribution in [3.05, 3.63) is 84.4 Å². The van der Waals surface area contributed by atoms with Crippen molar-refractivity contribution in [3.63, 3.8) is 0 Å². The number of carbonyl (C=O) groups excluding carboxylic acids is 2. The smallest absolute Gasteiger partial charge is 0.295 e. The van der Waals surface area contributed by atoms with E-state index in [1.807, 2.05) is 67.6 Å². The standard InChI is InChI=1S/C22H19NO3/c1-2-17-9-8-10-18(15-17)23(22(25)16-24)20-13-6-7-14-21(20)26-19-11-4-3-5-12-19/h3-16H,2H2,1H3. The Morgan fingerprint density at radius 2 is 1.69 bits per heavy atom. The van der Waals surface area contributed by atoms with Gasteiger partial charge in [0.2, 0.25) is 6.29 Å². The largest absolute Gasteiger partial charge is 0.455 e. The molecule has 0 bridgehead atoms. The zero-order chi connectivity index (χ0) is 18.4. The molecule has 4 nitrogen and oxygen atoms in total. The number of para-hydroxylation sites is 3. The van der Waals surface area contributed by atoms with Crippen molar-refractivity contribution in [2.75, 3.05) is 4.90 Å². The van der Waals surface area contributed by atoms with Crippen LogP contribution >= 0.6 is 0 Å². The highest BCUT2D eigenvalue weighted by Gasteiger charge is 2.21. The molecule has 0 radical (unpaired) electrons. The maximum Gasteiger partial charge on any atom is 0.295 e. The molecule has 0 aliphatic rings. The minimum atomic E-state index is -0.651. The lowest BCUT2D eigenvalue weighted by Crippen LogP contribution is -2.27. The van der Waals surface area contributed by atoms with Crippen LogP contribution in [0.2, 0.25) is 0 Å². The molecule has 4 heteroatoms. The molecular weight excluding hydrogens is 326 g/mol. The number of benzene rings is 3. The Hall–Kier alpha value is -3.40. The number of nitrogens with zero attached hydrogens (tertiary/aromatic N) is 1. The molecule has 0 aliphatic carbocycles. The van der Waals surface area contributed by atoms with Crippen LogP contribution in [0.15, 0.2) is 78.9 Å². The Morgan fingerprint density at radius 1 is 0.962 bits per heavy atom. The van der Waals surface area contributed by atoms with E-state index in [0.717, 1.165) is 12.0 Å². The van der Waals surface area contributed by atoms with E-state index in [2.05, 4.69) is 0 Å². The summed E-state index contributed by atoms with van der Waals surface area (Å²) >= 11 is 0. The van der Waals surface area contributed by atoms with Gasteiger partial charge in [0.25, 0.3) is 5.91 Å². The molecule has 130 valence electrons. The Labute approximate surface area is 152 Å². The fraction of sp³-hybridized carbons (Fsp3) is 0.0909. The zero-order valence-electron chi connectivity index (χ0n) is 14.5. The molecule has 0 aromatic heterocycles. The van der Waals surface area contributed by atoms with Crippen LogP contribution in [0.5, 0.6) is 11.5 Å². The number of aryl methyl sites for hydroxylation is 1. The van der Waals surface area contributed by atoms with E-state index in [1.165, 1.54) is 4.90 Å². The van der Waals surface area contributed by atoms with E-state index in [-0.39, 0.29) is 0 Å². The molecule has 0 spiro atoms. The van der Waals surface area contributed by atoms with Crippen molar-refractivity contribution in [1.82, 2.24) is 0 Å². The van der Waals surface area contributed by atoms with Crippen molar-refractivity contribution >= 4 is 23.6 Å². The number of hydrogen-bond acceptors (Lipinski definition) is 3. The van der Waals surface area contributed by atoms with Crippen LogP contribution in [-0.2, 0) is 16.0 Å². The van der Waals surface area contributed by atoms with Gasteiger partial charge in [0.05, 0.1) is 5.69 Å². The first kappa shape index (κ1) is 17.4.